The van der Waals surface area contributed by atoms with Gasteiger partial charge in [0.15, 0.2) is 11.0 Å². The molecule has 3 amide bonds. The van der Waals surface area contributed by atoms with Crippen molar-refractivity contribution in [2.24, 2.45) is 5.92 Å². The van der Waals surface area contributed by atoms with Crippen molar-refractivity contribution >= 4 is 23.7 Å². The third kappa shape index (κ3) is 6.12. The number of hydrogen-bond acceptors (Lipinski definition) is 6. The van der Waals surface area contributed by atoms with E-state index in [0.717, 1.165) is 17.1 Å². The van der Waals surface area contributed by atoms with Gasteiger partial charge in [0.25, 0.3) is 0 Å². The first-order chi connectivity index (χ1) is 13.4. The maximum absolute atomic E-state index is 12.0. The monoisotopic (exact) mass is 403 g/mol. The Morgan fingerprint density at radius 2 is 2.00 bits per heavy atom. The van der Waals surface area contributed by atoms with Crippen LogP contribution in [0.1, 0.15) is 13.8 Å². The van der Waals surface area contributed by atoms with Crippen LogP contribution >= 0.6 is 11.8 Å². The van der Waals surface area contributed by atoms with Gasteiger partial charge in [-0.3, -0.25) is 10.1 Å². The Labute approximate surface area is 168 Å². The van der Waals surface area contributed by atoms with Crippen molar-refractivity contribution in [3.05, 3.63) is 36.9 Å². The van der Waals surface area contributed by atoms with Crippen molar-refractivity contribution in [2.75, 3.05) is 19.4 Å². The third-order valence-corrected chi connectivity index (χ3v) is 4.57. The third-order valence-electron chi connectivity index (χ3n) is 3.61. The highest BCUT2D eigenvalue weighted by Gasteiger charge is 2.17. The van der Waals surface area contributed by atoms with E-state index < -0.39 is 11.9 Å². The zero-order chi connectivity index (χ0) is 20.5. The van der Waals surface area contributed by atoms with Gasteiger partial charge in [-0.25, -0.2) is 4.79 Å². The molecule has 0 saturated carbocycles. The molecule has 0 fully saturated rings. The second-order valence-corrected chi connectivity index (χ2v) is 7.32. The topological polar surface area (TPSA) is 98.1 Å². The van der Waals surface area contributed by atoms with E-state index in [1.165, 1.54) is 17.8 Å². The largest absolute Gasteiger partial charge is 0.497 e. The molecule has 28 heavy (non-hydrogen) atoms. The van der Waals surface area contributed by atoms with Crippen molar-refractivity contribution in [3.63, 3.8) is 0 Å². The van der Waals surface area contributed by atoms with Crippen molar-refractivity contribution in [1.29, 1.82) is 0 Å². The number of aromatic nitrogens is 3. The molecule has 0 atom stereocenters. The summed E-state index contributed by atoms with van der Waals surface area (Å²) in [4.78, 5) is 23.5. The minimum Gasteiger partial charge on any atom is -0.497 e. The highest BCUT2D eigenvalue weighted by Crippen LogP contribution is 2.26. The molecule has 0 spiro atoms. The van der Waals surface area contributed by atoms with Crippen LogP contribution in [0, 0.1) is 5.92 Å². The highest BCUT2D eigenvalue weighted by molar-refractivity contribution is 7.99. The van der Waals surface area contributed by atoms with E-state index in [1.807, 2.05) is 28.8 Å². The molecular formula is C19H25N5O3S. The average molecular weight is 404 g/mol. The van der Waals surface area contributed by atoms with Gasteiger partial charge in [0.05, 0.1) is 12.9 Å². The second-order valence-electron chi connectivity index (χ2n) is 6.37. The van der Waals surface area contributed by atoms with Crippen LogP contribution in [-0.4, -0.2) is 46.1 Å². The SMILES string of the molecule is C=CCNC(=O)NC(=O)CSc1nnc(-c2ccc(OC)cc2)n1CC(C)C. The van der Waals surface area contributed by atoms with E-state index in [1.54, 1.807) is 7.11 Å². The Kier molecular flexibility index (Phi) is 8.06. The van der Waals surface area contributed by atoms with Gasteiger partial charge in [-0.1, -0.05) is 31.7 Å². The number of imide groups is 1. The molecule has 0 saturated heterocycles. The number of carbonyl (C=O) groups excluding carboxylic acids is 2. The predicted octanol–water partition coefficient (Wildman–Crippen LogP) is 2.71. The molecule has 150 valence electrons. The smallest absolute Gasteiger partial charge is 0.321 e. The summed E-state index contributed by atoms with van der Waals surface area (Å²) in [6, 6.07) is 7.03. The van der Waals surface area contributed by atoms with E-state index in [-0.39, 0.29) is 5.75 Å². The standard InChI is InChI=1S/C19H25N5O3S/c1-5-10-20-18(26)21-16(25)12-28-19-23-22-17(24(19)11-13(2)3)14-6-8-15(27-4)9-7-14/h5-9,13H,1,10-12H2,2-4H3,(H2,20,21,25,26). The normalized spacial score (nSPS) is 10.6. The number of ether oxygens (including phenoxy) is 1. The summed E-state index contributed by atoms with van der Waals surface area (Å²) in [5.41, 5.74) is 0.911. The van der Waals surface area contributed by atoms with Gasteiger partial charge >= 0.3 is 6.03 Å². The molecule has 0 aliphatic heterocycles. The predicted molar refractivity (Wildman–Crippen MR) is 109 cm³/mol. The maximum Gasteiger partial charge on any atom is 0.321 e. The number of methoxy groups -OCH3 is 1. The Bertz CT molecular complexity index is 817. The fourth-order valence-electron chi connectivity index (χ4n) is 2.38. The molecule has 0 radical (unpaired) electrons. The number of nitrogens with zero attached hydrogens (tertiary/aromatic N) is 3. The summed E-state index contributed by atoms with van der Waals surface area (Å²) in [7, 11) is 1.62. The zero-order valence-electron chi connectivity index (χ0n) is 16.3. The lowest BCUT2D eigenvalue weighted by molar-refractivity contribution is -0.117. The zero-order valence-corrected chi connectivity index (χ0v) is 17.1. The number of nitrogens with one attached hydrogen (secondary N) is 2. The van der Waals surface area contributed by atoms with E-state index >= 15 is 0 Å². The number of thioether (sulfide) groups is 1. The van der Waals surface area contributed by atoms with Crippen LogP contribution in [0.5, 0.6) is 5.75 Å². The summed E-state index contributed by atoms with van der Waals surface area (Å²) in [5, 5.41) is 13.9. The van der Waals surface area contributed by atoms with Gasteiger partial charge in [-0.15, -0.1) is 16.8 Å². The lowest BCUT2D eigenvalue weighted by Crippen LogP contribution is -2.40. The summed E-state index contributed by atoms with van der Waals surface area (Å²) in [6.07, 6.45) is 1.54. The van der Waals surface area contributed by atoms with Gasteiger partial charge in [-0.2, -0.15) is 0 Å². The summed E-state index contributed by atoms with van der Waals surface area (Å²) >= 11 is 1.24. The Morgan fingerprint density at radius 3 is 2.61 bits per heavy atom. The van der Waals surface area contributed by atoms with Crippen LogP contribution in [0.3, 0.4) is 0 Å². The van der Waals surface area contributed by atoms with Gasteiger partial charge < -0.3 is 14.6 Å². The van der Waals surface area contributed by atoms with Gasteiger partial charge in [-0.05, 0) is 30.2 Å². The lowest BCUT2D eigenvalue weighted by atomic mass is 10.2. The van der Waals surface area contributed by atoms with E-state index in [0.29, 0.717) is 24.2 Å². The molecule has 1 heterocycles. The quantitative estimate of drug-likeness (QED) is 0.493. The number of hydrogen-bond donors (Lipinski definition) is 2. The minimum absolute atomic E-state index is 0.0559. The second kappa shape index (κ2) is 10.5. The molecule has 2 rings (SSSR count). The molecule has 8 nitrogen and oxygen atoms in total. The van der Waals surface area contributed by atoms with Gasteiger partial charge in [0.2, 0.25) is 5.91 Å². The molecule has 2 N–H and O–H groups in total. The van der Waals surface area contributed by atoms with E-state index in [2.05, 4.69) is 41.3 Å². The van der Waals surface area contributed by atoms with Crippen LogP contribution in [0.4, 0.5) is 4.79 Å². The number of urea groups is 1. The number of benzene rings is 1. The summed E-state index contributed by atoms with van der Waals surface area (Å²) in [6.45, 7) is 8.70. The lowest BCUT2D eigenvalue weighted by Gasteiger charge is -2.12. The van der Waals surface area contributed by atoms with Crippen LogP contribution in [-0.2, 0) is 11.3 Å². The molecule has 0 unspecified atom stereocenters. The molecule has 2 aromatic rings. The molecule has 9 heteroatoms. The Balaban J connectivity index is 2.11. The molecule has 1 aromatic heterocycles. The van der Waals surface area contributed by atoms with Crippen molar-refractivity contribution < 1.29 is 14.3 Å². The molecule has 0 bridgehead atoms. The average Bonchev–Trinajstić information content (AvgIpc) is 3.06. The van der Waals surface area contributed by atoms with Crippen LogP contribution < -0.4 is 15.4 Å². The van der Waals surface area contributed by atoms with Crippen molar-refractivity contribution in [3.8, 4) is 17.1 Å². The fraction of sp³-hybridized carbons (Fsp3) is 0.368. The first-order valence-electron chi connectivity index (χ1n) is 8.83. The first-order valence-corrected chi connectivity index (χ1v) is 9.82. The summed E-state index contributed by atoms with van der Waals surface area (Å²) in [5.74, 6) is 1.51. The highest BCUT2D eigenvalue weighted by atomic mass is 32.2. The molecule has 0 aliphatic rings. The number of rotatable bonds is 9. The van der Waals surface area contributed by atoms with E-state index in [9.17, 15) is 9.59 Å². The van der Waals surface area contributed by atoms with Crippen LogP contribution in [0.2, 0.25) is 0 Å². The summed E-state index contributed by atoms with van der Waals surface area (Å²) < 4.78 is 7.18. The van der Waals surface area contributed by atoms with Crippen LogP contribution in [0.15, 0.2) is 42.1 Å². The number of amides is 3. The maximum atomic E-state index is 12.0. The molecule has 0 aliphatic carbocycles. The number of carbonyl (C=O) groups is 2. The van der Waals surface area contributed by atoms with Crippen molar-refractivity contribution in [2.45, 2.75) is 25.5 Å². The van der Waals surface area contributed by atoms with Crippen LogP contribution in [0.25, 0.3) is 11.4 Å². The van der Waals surface area contributed by atoms with E-state index in [4.69, 9.17) is 4.74 Å². The Morgan fingerprint density at radius 1 is 1.29 bits per heavy atom. The van der Waals surface area contributed by atoms with Gasteiger partial charge in [0, 0.05) is 18.7 Å². The molecular weight excluding hydrogens is 378 g/mol. The fourth-order valence-corrected chi connectivity index (χ4v) is 3.13. The minimum atomic E-state index is -0.548. The van der Waals surface area contributed by atoms with Crippen molar-refractivity contribution in [1.82, 2.24) is 25.4 Å². The Hall–Kier alpha value is -2.81. The molecule has 1 aromatic carbocycles. The van der Waals surface area contributed by atoms with Gasteiger partial charge in [0.1, 0.15) is 5.75 Å². The first kappa shape index (κ1) is 21.5.